The summed E-state index contributed by atoms with van der Waals surface area (Å²) in [4.78, 5) is 14.4. The first-order chi connectivity index (χ1) is 21.3. The van der Waals surface area contributed by atoms with Gasteiger partial charge in [-0.2, -0.15) is 0 Å². The zero-order valence-electron chi connectivity index (χ0n) is 27.4. The van der Waals surface area contributed by atoms with Gasteiger partial charge in [0.1, 0.15) is 5.82 Å². The van der Waals surface area contributed by atoms with Crippen LogP contribution in [0.4, 0.5) is 10.1 Å². The van der Waals surface area contributed by atoms with E-state index < -0.39 is 0 Å². The summed E-state index contributed by atoms with van der Waals surface area (Å²) in [7, 11) is 0. The fourth-order valence-corrected chi connectivity index (χ4v) is 6.28. The van der Waals surface area contributed by atoms with Crippen LogP contribution >= 0.6 is 37.2 Å². The molecule has 248 valence electrons. The molecule has 8 heteroatoms. The first kappa shape index (κ1) is 38.0. The second kappa shape index (κ2) is 17.1. The van der Waals surface area contributed by atoms with Gasteiger partial charge in [-0.3, -0.25) is 14.9 Å². The van der Waals surface area contributed by atoms with Gasteiger partial charge in [0.2, 0.25) is 0 Å². The maximum absolute atomic E-state index is 13.5. The molecule has 0 atom stereocenters. The van der Waals surface area contributed by atoms with Crippen molar-refractivity contribution in [1.29, 1.82) is 0 Å². The number of hydrogen-bond donors (Lipinski definition) is 0. The summed E-state index contributed by atoms with van der Waals surface area (Å²) in [5.41, 5.74) is 13.0. The molecule has 5 aromatic rings. The standard InChI is InChI=1S/C39H41FN4.3ClH/c1-27-5-11-36(12-6-27)44(26-32-14-18-41-38(24-32)33-7-9-35(40)10-8-33)37-15-19-43(20-16-37)25-31-13-17-42-39(23-31)34-21-28(2)30(4)29(3)22-34;;;/h5-14,17-18,21-24,37H,15-16,19-20,25-26H2,1-4H3;3*1H. The summed E-state index contributed by atoms with van der Waals surface area (Å²) in [6.07, 6.45) is 6.01. The molecule has 1 saturated heterocycles. The average molecular weight is 694 g/mol. The zero-order chi connectivity index (χ0) is 30.6. The molecule has 2 aromatic heterocycles. The predicted molar refractivity (Wildman–Crippen MR) is 201 cm³/mol. The number of halogens is 4. The summed E-state index contributed by atoms with van der Waals surface area (Å²) >= 11 is 0. The van der Waals surface area contributed by atoms with E-state index in [9.17, 15) is 4.39 Å². The third-order valence-electron chi connectivity index (χ3n) is 9.13. The lowest BCUT2D eigenvalue weighted by atomic mass is 9.98. The van der Waals surface area contributed by atoms with Crippen molar-refractivity contribution in [2.75, 3.05) is 18.0 Å². The van der Waals surface area contributed by atoms with Crippen molar-refractivity contribution >= 4 is 42.9 Å². The van der Waals surface area contributed by atoms with Crippen molar-refractivity contribution in [3.8, 4) is 22.5 Å². The van der Waals surface area contributed by atoms with E-state index in [1.807, 2.05) is 12.4 Å². The number of benzene rings is 3. The van der Waals surface area contributed by atoms with E-state index in [2.05, 4.69) is 103 Å². The minimum Gasteiger partial charge on any atom is -0.364 e. The molecule has 4 nitrogen and oxygen atoms in total. The molecule has 1 fully saturated rings. The van der Waals surface area contributed by atoms with Crippen LogP contribution in [0.5, 0.6) is 0 Å². The van der Waals surface area contributed by atoms with Crippen LogP contribution in [0.25, 0.3) is 22.5 Å². The van der Waals surface area contributed by atoms with Crippen LogP contribution in [0.2, 0.25) is 0 Å². The first-order valence-corrected chi connectivity index (χ1v) is 15.6. The Balaban J connectivity index is 0.00000200. The monoisotopic (exact) mass is 692 g/mol. The Bertz CT molecular complexity index is 1710. The fraction of sp³-hybridized carbons (Fsp3) is 0.282. The third kappa shape index (κ3) is 9.33. The number of aromatic nitrogens is 2. The SMILES string of the molecule is Cc1ccc(N(Cc2ccnc(-c3ccc(F)cc3)c2)C2CCN(Cc3ccnc(-c4cc(C)c(C)c(C)c4)c3)CC2)cc1.Cl.Cl.Cl. The van der Waals surface area contributed by atoms with Crippen LogP contribution in [0.3, 0.4) is 0 Å². The van der Waals surface area contributed by atoms with E-state index in [0.717, 1.165) is 56.0 Å². The molecule has 0 aliphatic carbocycles. The Kier molecular flexibility index (Phi) is 13.8. The smallest absolute Gasteiger partial charge is 0.123 e. The predicted octanol–water partition coefficient (Wildman–Crippen LogP) is 10.1. The third-order valence-corrected chi connectivity index (χ3v) is 9.13. The number of anilines is 1. The molecule has 0 unspecified atom stereocenters. The molecule has 0 N–H and O–H groups in total. The molecule has 0 bridgehead atoms. The van der Waals surface area contributed by atoms with Crippen molar-refractivity contribution in [2.24, 2.45) is 0 Å². The van der Waals surface area contributed by atoms with Crippen molar-refractivity contribution < 1.29 is 4.39 Å². The maximum atomic E-state index is 13.5. The summed E-state index contributed by atoms with van der Waals surface area (Å²) in [5, 5.41) is 0. The van der Waals surface area contributed by atoms with Gasteiger partial charge in [0.05, 0.1) is 11.4 Å². The van der Waals surface area contributed by atoms with Gasteiger partial charge >= 0.3 is 0 Å². The highest BCUT2D eigenvalue weighted by molar-refractivity contribution is 5.86. The zero-order valence-corrected chi connectivity index (χ0v) is 29.9. The molecule has 0 amide bonds. The molecule has 0 radical (unpaired) electrons. The van der Waals surface area contributed by atoms with Gasteiger partial charge in [0.15, 0.2) is 0 Å². The van der Waals surface area contributed by atoms with Crippen molar-refractivity contribution in [1.82, 2.24) is 14.9 Å². The van der Waals surface area contributed by atoms with E-state index in [1.54, 1.807) is 12.1 Å². The van der Waals surface area contributed by atoms with Crippen LogP contribution in [0, 0.1) is 33.5 Å². The van der Waals surface area contributed by atoms with E-state index in [0.29, 0.717) is 6.04 Å². The first-order valence-electron chi connectivity index (χ1n) is 15.6. The number of pyridine rings is 2. The molecule has 6 rings (SSSR count). The van der Waals surface area contributed by atoms with Gasteiger partial charge in [-0.1, -0.05) is 17.7 Å². The van der Waals surface area contributed by atoms with Crippen molar-refractivity contribution in [2.45, 2.75) is 59.7 Å². The molecule has 47 heavy (non-hydrogen) atoms. The van der Waals surface area contributed by atoms with Gasteiger partial charge in [0, 0.05) is 61.4 Å². The van der Waals surface area contributed by atoms with Crippen LogP contribution < -0.4 is 4.90 Å². The Hall–Kier alpha value is -3.48. The number of piperidine rings is 1. The highest BCUT2D eigenvalue weighted by Crippen LogP contribution is 2.29. The van der Waals surface area contributed by atoms with Gasteiger partial charge < -0.3 is 4.90 Å². The molecule has 3 heterocycles. The van der Waals surface area contributed by atoms with E-state index in [4.69, 9.17) is 4.98 Å². The van der Waals surface area contributed by atoms with Crippen molar-refractivity contribution in [3.05, 3.63) is 137 Å². The number of rotatable bonds is 8. The highest BCUT2D eigenvalue weighted by Gasteiger charge is 2.25. The summed E-state index contributed by atoms with van der Waals surface area (Å²) < 4.78 is 13.5. The van der Waals surface area contributed by atoms with E-state index >= 15 is 0 Å². The second-order valence-corrected chi connectivity index (χ2v) is 12.3. The largest absolute Gasteiger partial charge is 0.364 e. The molecule has 0 spiro atoms. The second-order valence-electron chi connectivity index (χ2n) is 12.3. The summed E-state index contributed by atoms with van der Waals surface area (Å²) in [5.74, 6) is -0.234. The van der Waals surface area contributed by atoms with E-state index in [1.165, 1.54) is 56.8 Å². The topological polar surface area (TPSA) is 32.3 Å². The Morgan fingerprint density at radius 1 is 0.681 bits per heavy atom. The van der Waals surface area contributed by atoms with Crippen LogP contribution in [0.1, 0.15) is 46.2 Å². The lowest BCUT2D eigenvalue weighted by molar-refractivity contribution is 0.201. The van der Waals surface area contributed by atoms with Gasteiger partial charge in [-0.25, -0.2) is 4.39 Å². The lowest BCUT2D eigenvalue weighted by Crippen LogP contribution is -2.44. The van der Waals surface area contributed by atoms with Crippen molar-refractivity contribution in [3.63, 3.8) is 0 Å². The molecule has 3 aromatic carbocycles. The van der Waals surface area contributed by atoms with E-state index in [-0.39, 0.29) is 43.0 Å². The Labute approximate surface area is 297 Å². The normalized spacial score (nSPS) is 13.2. The summed E-state index contributed by atoms with van der Waals surface area (Å²) in [6.45, 7) is 12.5. The number of hydrogen-bond acceptors (Lipinski definition) is 4. The molecular formula is C39H44Cl3FN4. The Morgan fingerprint density at radius 2 is 1.23 bits per heavy atom. The molecule has 1 aliphatic rings. The average Bonchev–Trinajstić information content (AvgIpc) is 3.04. The minimum atomic E-state index is -0.234. The maximum Gasteiger partial charge on any atom is 0.123 e. The quantitative estimate of drug-likeness (QED) is 0.162. The summed E-state index contributed by atoms with van der Waals surface area (Å²) in [6, 6.07) is 29.1. The number of likely N-dealkylation sites (tertiary alicyclic amines) is 1. The minimum absolute atomic E-state index is 0. The van der Waals surface area contributed by atoms with Crippen LogP contribution in [-0.2, 0) is 13.1 Å². The number of nitrogens with zero attached hydrogens (tertiary/aromatic N) is 4. The number of aryl methyl sites for hydroxylation is 3. The van der Waals surface area contributed by atoms with Gasteiger partial charge in [-0.15, -0.1) is 37.2 Å². The van der Waals surface area contributed by atoms with Gasteiger partial charge in [0.25, 0.3) is 0 Å². The molecule has 0 saturated carbocycles. The highest BCUT2D eigenvalue weighted by atomic mass is 35.5. The Morgan fingerprint density at radius 3 is 1.85 bits per heavy atom. The fourth-order valence-electron chi connectivity index (χ4n) is 6.28. The lowest BCUT2D eigenvalue weighted by Gasteiger charge is -2.40. The van der Waals surface area contributed by atoms with Crippen LogP contribution in [0.15, 0.2) is 97.3 Å². The van der Waals surface area contributed by atoms with Crippen LogP contribution in [-0.4, -0.2) is 34.0 Å². The molecular weight excluding hydrogens is 650 g/mol. The molecule has 1 aliphatic heterocycles. The van der Waals surface area contributed by atoms with Gasteiger partial charge in [-0.05, 0) is 141 Å².